The summed E-state index contributed by atoms with van der Waals surface area (Å²) < 4.78 is 8.06. The van der Waals surface area contributed by atoms with E-state index in [9.17, 15) is 4.79 Å². The first kappa shape index (κ1) is 26.7. The van der Waals surface area contributed by atoms with Crippen molar-refractivity contribution in [2.45, 2.75) is 56.8 Å². The van der Waals surface area contributed by atoms with Crippen LogP contribution in [0.1, 0.15) is 54.8 Å². The van der Waals surface area contributed by atoms with Crippen molar-refractivity contribution < 1.29 is 9.53 Å². The number of thioether (sulfide) groups is 1. The molecule has 39 heavy (non-hydrogen) atoms. The fraction of sp³-hybridized carbons (Fsp3) is 0.290. The Morgan fingerprint density at radius 1 is 1.00 bits per heavy atom. The number of ether oxygens (including phenoxy) is 1. The van der Waals surface area contributed by atoms with Gasteiger partial charge in [-0.05, 0) is 55.2 Å². The molecule has 1 amide bonds. The van der Waals surface area contributed by atoms with Crippen molar-refractivity contribution in [1.29, 1.82) is 0 Å². The van der Waals surface area contributed by atoms with E-state index in [1.54, 1.807) is 6.21 Å². The molecule has 1 aliphatic rings. The molecular formula is C31H33N5O2S. The highest BCUT2D eigenvalue weighted by atomic mass is 32.2. The zero-order chi connectivity index (χ0) is 26.9. The molecule has 200 valence electrons. The molecule has 8 heteroatoms. The van der Waals surface area contributed by atoms with Crippen molar-refractivity contribution in [2.75, 3.05) is 5.75 Å². The predicted octanol–water partition coefficient (Wildman–Crippen LogP) is 6.58. The van der Waals surface area contributed by atoms with Gasteiger partial charge in [0.2, 0.25) is 0 Å². The first-order valence-corrected chi connectivity index (χ1v) is 14.4. The molecule has 4 aromatic rings. The number of carbonyl (C=O) groups excluding carboxylic acids is 1. The minimum Gasteiger partial charge on any atom is -0.489 e. The predicted molar refractivity (Wildman–Crippen MR) is 156 cm³/mol. The Hall–Kier alpha value is -3.91. The van der Waals surface area contributed by atoms with Crippen LogP contribution in [0.2, 0.25) is 0 Å². The summed E-state index contributed by atoms with van der Waals surface area (Å²) in [5.41, 5.74) is 6.88. The molecule has 0 radical (unpaired) electrons. The average Bonchev–Trinajstić information content (AvgIpc) is 3.41. The van der Waals surface area contributed by atoms with Crippen molar-refractivity contribution in [3.63, 3.8) is 0 Å². The quantitative estimate of drug-likeness (QED) is 0.140. The second-order valence-electron chi connectivity index (χ2n) is 9.76. The first-order chi connectivity index (χ1) is 19.2. The number of hydrogen-bond acceptors (Lipinski definition) is 6. The zero-order valence-electron chi connectivity index (χ0n) is 22.1. The minimum absolute atomic E-state index is 0.186. The molecule has 5 rings (SSSR count). The van der Waals surface area contributed by atoms with Crippen LogP contribution in [0.15, 0.2) is 89.1 Å². The van der Waals surface area contributed by atoms with Crippen LogP contribution in [-0.2, 0) is 11.4 Å². The number of amides is 1. The Balaban J connectivity index is 1.16. The van der Waals surface area contributed by atoms with Crippen LogP contribution in [-0.4, -0.2) is 32.6 Å². The van der Waals surface area contributed by atoms with E-state index < -0.39 is 0 Å². The molecule has 7 nitrogen and oxygen atoms in total. The van der Waals surface area contributed by atoms with E-state index in [0.29, 0.717) is 12.6 Å². The van der Waals surface area contributed by atoms with Crippen molar-refractivity contribution in [3.05, 3.63) is 95.6 Å². The van der Waals surface area contributed by atoms with Gasteiger partial charge in [-0.2, -0.15) is 5.10 Å². The van der Waals surface area contributed by atoms with E-state index in [4.69, 9.17) is 4.74 Å². The van der Waals surface area contributed by atoms with Crippen molar-refractivity contribution in [3.8, 4) is 17.1 Å². The van der Waals surface area contributed by atoms with E-state index in [2.05, 4.69) is 56.5 Å². The van der Waals surface area contributed by atoms with Crippen LogP contribution in [0.3, 0.4) is 0 Å². The van der Waals surface area contributed by atoms with Gasteiger partial charge in [0.05, 0.1) is 12.0 Å². The maximum atomic E-state index is 12.6. The summed E-state index contributed by atoms with van der Waals surface area (Å²) in [5, 5.41) is 13.9. The van der Waals surface area contributed by atoms with Gasteiger partial charge in [0.1, 0.15) is 12.4 Å². The molecule has 3 aromatic carbocycles. The van der Waals surface area contributed by atoms with Crippen molar-refractivity contribution in [2.24, 2.45) is 5.10 Å². The van der Waals surface area contributed by atoms with Gasteiger partial charge < -0.3 is 4.74 Å². The highest BCUT2D eigenvalue weighted by Crippen LogP contribution is 2.35. The fourth-order valence-electron chi connectivity index (χ4n) is 4.68. The first-order valence-electron chi connectivity index (χ1n) is 13.4. The van der Waals surface area contributed by atoms with Crippen molar-refractivity contribution in [1.82, 2.24) is 20.2 Å². The summed E-state index contributed by atoms with van der Waals surface area (Å²) in [4.78, 5) is 12.6. The number of hydrogen-bond donors (Lipinski definition) is 1. The molecule has 0 aliphatic heterocycles. The van der Waals surface area contributed by atoms with Crippen LogP contribution in [0.5, 0.6) is 5.75 Å². The standard InChI is InChI=1S/C31H33N5O2S/c1-23-12-16-26(17-13-23)30-34-35-31(36(30)27-10-6-3-7-11-27)39-22-29(37)33-32-20-24-14-18-28(19-15-24)38-21-25-8-4-2-5-9-25/h2,4-5,8-9,12-20,27H,3,6-7,10-11,21-22H2,1H3,(H,33,37)/b32-20+. The number of nitrogens with zero attached hydrogens (tertiary/aromatic N) is 4. The maximum absolute atomic E-state index is 12.6. The van der Waals surface area contributed by atoms with E-state index in [0.717, 1.165) is 46.3 Å². The molecule has 0 saturated heterocycles. The monoisotopic (exact) mass is 539 g/mol. The SMILES string of the molecule is Cc1ccc(-c2nnc(SCC(=O)N/N=C/c3ccc(OCc4ccccc4)cc3)n2C2CCCCC2)cc1. The van der Waals surface area contributed by atoms with Gasteiger partial charge in [-0.25, -0.2) is 5.43 Å². The second kappa shape index (κ2) is 13.2. The molecule has 0 atom stereocenters. The van der Waals surface area contributed by atoms with E-state index in [1.165, 1.54) is 36.6 Å². The molecule has 0 unspecified atom stereocenters. The molecular weight excluding hydrogens is 506 g/mol. The summed E-state index contributed by atoms with van der Waals surface area (Å²) in [5.74, 6) is 1.68. The lowest BCUT2D eigenvalue weighted by Crippen LogP contribution is -2.20. The summed E-state index contributed by atoms with van der Waals surface area (Å²) >= 11 is 1.41. The maximum Gasteiger partial charge on any atom is 0.250 e. The lowest BCUT2D eigenvalue weighted by molar-refractivity contribution is -0.118. The van der Waals surface area contributed by atoms with Gasteiger partial charge in [-0.15, -0.1) is 10.2 Å². The highest BCUT2D eigenvalue weighted by molar-refractivity contribution is 7.99. The third-order valence-corrected chi connectivity index (χ3v) is 7.72. The summed E-state index contributed by atoms with van der Waals surface area (Å²) in [6.07, 6.45) is 7.52. The van der Waals surface area contributed by atoms with E-state index >= 15 is 0 Å². The smallest absolute Gasteiger partial charge is 0.250 e. The van der Waals surface area contributed by atoms with Gasteiger partial charge in [0, 0.05) is 11.6 Å². The zero-order valence-corrected chi connectivity index (χ0v) is 22.9. The lowest BCUT2D eigenvalue weighted by atomic mass is 9.95. The molecule has 1 fully saturated rings. The molecule has 1 saturated carbocycles. The van der Waals surface area contributed by atoms with Crippen molar-refractivity contribution >= 4 is 23.9 Å². The van der Waals surface area contributed by atoms with Gasteiger partial charge >= 0.3 is 0 Å². The fourth-order valence-corrected chi connectivity index (χ4v) is 5.47. The second-order valence-corrected chi connectivity index (χ2v) is 10.7. The number of carbonyl (C=O) groups is 1. The van der Waals surface area contributed by atoms with E-state index in [1.807, 2.05) is 54.6 Å². The molecule has 0 spiro atoms. The van der Waals surface area contributed by atoms with E-state index in [-0.39, 0.29) is 11.7 Å². The van der Waals surface area contributed by atoms with Crippen LogP contribution in [0.25, 0.3) is 11.4 Å². The Bertz CT molecular complexity index is 1380. The minimum atomic E-state index is -0.186. The largest absolute Gasteiger partial charge is 0.489 e. The molecule has 1 N–H and O–H groups in total. The normalized spacial score (nSPS) is 14.0. The molecule has 1 aromatic heterocycles. The summed E-state index contributed by atoms with van der Waals surface area (Å²) in [7, 11) is 0. The highest BCUT2D eigenvalue weighted by Gasteiger charge is 2.24. The average molecular weight is 540 g/mol. The molecule has 1 heterocycles. The number of rotatable bonds is 10. The lowest BCUT2D eigenvalue weighted by Gasteiger charge is -2.25. The van der Waals surface area contributed by atoms with Gasteiger partial charge in [0.15, 0.2) is 11.0 Å². The van der Waals surface area contributed by atoms with Gasteiger partial charge in [0.25, 0.3) is 5.91 Å². The number of hydrazone groups is 1. The molecule has 0 bridgehead atoms. The Labute approximate surface area is 233 Å². The number of benzene rings is 3. The molecule has 1 aliphatic carbocycles. The topological polar surface area (TPSA) is 81.4 Å². The van der Waals surface area contributed by atoms with Crippen LogP contribution in [0, 0.1) is 6.92 Å². The van der Waals surface area contributed by atoms with Crippen LogP contribution in [0.4, 0.5) is 0 Å². The summed E-state index contributed by atoms with van der Waals surface area (Å²) in [6, 6.07) is 26.4. The Morgan fingerprint density at radius 2 is 1.74 bits per heavy atom. The Morgan fingerprint density at radius 3 is 2.49 bits per heavy atom. The number of aryl methyl sites for hydroxylation is 1. The van der Waals surface area contributed by atoms with Crippen LogP contribution < -0.4 is 10.2 Å². The third-order valence-electron chi connectivity index (χ3n) is 6.78. The number of aromatic nitrogens is 3. The summed E-state index contributed by atoms with van der Waals surface area (Å²) in [6.45, 7) is 2.59. The van der Waals surface area contributed by atoms with Gasteiger partial charge in [-0.1, -0.05) is 91.2 Å². The Kier molecular flexibility index (Phi) is 9.06. The van der Waals surface area contributed by atoms with Gasteiger partial charge in [-0.3, -0.25) is 9.36 Å². The number of nitrogens with one attached hydrogen (secondary N) is 1. The third kappa shape index (κ3) is 7.35. The van der Waals surface area contributed by atoms with Crippen LogP contribution >= 0.6 is 11.8 Å².